The molecule has 0 amide bonds. The molecule has 1 aromatic heterocycles. The number of nitrogens with one attached hydrogen (secondary N) is 1. The predicted molar refractivity (Wildman–Crippen MR) is 93.2 cm³/mol. The SMILES string of the molecule is Cn1ncc2c1CCCC2NS(=O)(=O)c1ccc2ccccc2c1. The number of aryl methyl sites for hydroxylation is 1. The number of hydrogen-bond donors (Lipinski definition) is 1. The first kappa shape index (κ1) is 15.4. The summed E-state index contributed by atoms with van der Waals surface area (Å²) in [7, 11) is -1.67. The van der Waals surface area contributed by atoms with Gasteiger partial charge in [-0.2, -0.15) is 5.10 Å². The van der Waals surface area contributed by atoms with Crippen LogP contribution in [0.3, 0.4) is 0 Å². The third kappa shape index (κ3) is 2.61. The first-order valence-corrected chi connectivity index (χ1v) is 9.55. The molecule has 1 aliphatic rings. The maximum atomic E-state index is 12.8. The summed E-state index contributed by atoms with van der Waals surface area (Å²) in [4.78, 5) is 0.303. The van der Waals surface area contributed by atoms with Gasteiger partial charge in [0.25, 0.3) is 0 Å². The molecule has 0 bridgehead atoms. The van der Waals surface area contributed by atoms with Crippen LogP contribution in [0.2, 0.25) is 0 Å². The molecule has 0 spiro atoms. The lowest BCUT2D eigenvalue weighted by atomic mass is 9.94. The highest BCUT2D eigenvalue weighted by molar-refractivity contribution is 7.89. The zero-order valence-electron chi connectivity index (χ0n) is 13.4. The fourth-order valence-corrected chi connectivity index (χ4v) is 4.70. The van der Waals surface area contributed by atoms with Crippen molar-refractivity contribution >= 4 is 20.8 Å². The van der Waals surface area contributed by atoms with Gasteiger partial charge in [-0.1, -0.05) is 30.3 Å². The Morgan fingerprint density at radius 2 is 1.96 bits per heavy atom. The fraction of sp³-hybridized carbons (Fsp3) is 0.278. The normalized spacial score (nSPS) is 17.8. The molecular formula is C18H19N3O2S. The Morgan fingerprint density at radius 3 is 2.79 bits per heavy atom. The summed E-state index contributed by atoms with van der Waals surface area (Å²) in [6.07, 6.45) is 4.48. The van der Waals surface area contributed by atoms with Crippen molar-refractivity contribution in [2.24, 2.45) is 7.05 Å². The van der Waals surface area contributed by atoms with E-state index in [2.05, 4.69) is 9.82 Å². The molecule has 0 aliphatic heterocycles. The molecule has 2 aromatic carbocycles. The Hall–Kier alpha value is -2.18. The zero-order chi connectivity index (χ0) is 16.7. The zero-order valence-corrected chi connectivity index (χ0v) is 14.3. The number of nitrogens with zero attached hydrogens (tertiary/aromatic N) is 2. The van der Waals surface area contributed by atoms with Crippen molar-refractivity contribution in [3.8, 4) is 0 Å². The molecule has 124 valence electrons. The Kier molecular flexibility index (Phi) is 3.66. The number of benzene rings is 2. The molecule has 0 saturated heterocycles. The van der Waals surface area contributed by atoms with Crippen molar-refractivity contribution in [2.45, 2.75) is 30.2 Å². The van der Waals surface area contributed by atoms with E-state index in [0.717, 1.165) is 41.3 Å². The van der Waals surface area contributed by atoms with Crippen molar-refractivity contribution in [1.29, 1.82) is 0 Å². The Labute approximate surface area is 141 Å². The van der Waals surface area contributed by atoms with E-state index >= 15 is 0 Å². The number of sulfonamides is 1. The van der Waals surface area contributed by atoms with Gasteiger partial charge in [0.2, 0.25) is 10.0 Å². The van der Waals surface area contributed by atoms with Crippen LogP contribution >= 0.6 is 0 Å². The van der Waals surface area contributed by atoms with Gasteiger partial charge in [-0.15, -0.1) is 0 Å². The van der Waals surface area contributed by atoms with E-state index in [9.17, 15) is 8.42 Å². The van der Waals surface area contributed by atoms with E-state index in [0.29, 0.717) is 4.90 Å². The lowest BCUT2D eigenvalue weighted by molar-refractivity contribution is 0.498. The van der Waals surface area contributed by atoms with Crippen LogP contribution in [0.1, 0.15) is 30.1 Å². The smallest absolute Gasteiger partial charge is 0.241 e. The van der Waals surface area contributed by atoms with E-state index in [1.807, 2.05) is 42.1 Å². The molecule has 0 radical (unpaired) electrons. The summed E-state index contributed by atoms with van der Waals surface area (Å²) < 4.78 is 30.3. The van der Waals surface area contributed by atoms with Gasteiger partial charge >= 0.3 is 0 Å². The first-order chi connectivity index (χ1) is 11.5. The second-order valence-corrected chi connectivity index (χ2v) is 7.96. The number of hydrogen-bond acceptors (Lipinski definition) is 3. The summed E-state index contributed by atoms with van der Waals surface area (Å²) in [6, 6.07) is 12.8. The lowest BCUT2D eigenvalue weighted by Crippen LogP contribution is -2.31. The van der Waals surface area contributed by atoms with Crippen molar-refractivity contribution in [3.05, 3.63) is 59.9 Å². The maximum Gasteiger partial charge on any atom is 0.241 e. The molecule has 1 atom stereocenters. The van der Waals surface area contributed by atoms with Crippen LogP contribution in [-0.4, -0.2) is 18.2 Å². The van der Waals surface area contributed by atoms with Gasteiger partial charge < -0.3 is 0 Å². The molecule has 0 saturated carbocycles. The average molecular weight is 341 g/mol. The van der Waals surface area contributed by atoms with Crippen LogP contribution in [0.15, 0.2) is 53.6 Å². The van der Waals surface area contributed by atoms with Gasteiger partial charge in [0.15, 0.2) is 0 Å². The topological polar surface area (TPSA) is 64.0 Å². The van der Waals surface area contributed by atoms with Crippen LogP contribution < -0.4 is 4.72 Å². The average Bonchev–Trinajstić information content (AvgIpc) is 2.97. The molecule has 24 heavy (non-hydrogen) atoms. The van der Waals surface area contributed by atoms with Crippen molar-refractivity contribution in [3.63, 3.8) is 0 Å². The van der Waals surface area contributed by atoms with Crippen LogP contribution in [0.4, 0.5) is 0 Å². The van der Waals surface area contributed by atoms with Crippen LogP contribution in [0, 0.1) is 0 Å². The Balaban J connectivity index is 1.68. The van der Waals surface area contributed by atoms with Gasteiger partial charge in [-0.3, -0.25) is 4.68 Å². The van der Waals surface area contributed by atoms with Crippen molar-refractivity contribution in [2.75, 3.05) is 0 Å². The van der Waals surface area contributed by atoms with E-state index in [1.165, 1.54) is 0 Å². The molecule has 6 heteroatoms. The highest BCUT2D eigenvalue weighted by Gasteiger charge is 2.28. The summed E-state index contributed by atoms with van der Waals surface area (Å²) in [5.74, 6) is 0. The first-order valence-electron chi connectivity index (χ1n) is 8.06. The number of rotatable bonds is 3. The highest BCUT2D eigenvalue weighted by atomic mass is 32.2. The van der Waals surface area contributed by atoms with Crippen LogP contribution in [0.25, 0.3) is 10.8 Å². The second-order valence-electron chi connectivity index (χ2n) is 6.25. The minimum Gasteiger partial charge on any atom is -0.272 e. The summed E-state index contributed by atoms with van der Waals surface area (Å²) in [6.45, 7) is 0. The summed E-state index contributed by atoms with van der Waals surface area (Å²) >= 11 is 0. The fourth-order valence-electron chi connectivity index (χ4n) is 3.42. The largest absolute Gasteiger partial charge is 0.272 e. The van der Waals surface area contributed by atoms with Gasteiger partial charge in [0, 0.05) is 18.3 Å². The van der Waals surface area contributed by atoms with Crippen molar-refractivity contribution < 1.29 is 8.42 Å². The molecule has 3 aromatic rings. The molecule has 1 aliphatic carbocycles. The van der Waals surface area contributed by atoms with E-state index < -0.39 is 10.0 Å². The predicted octanol–water partition coefficient (Wildman–Crippen LogP) is 2.93. The third-order valence-electron chi connectivity index (χ3n) is 4.70. The molecule has 1 heterocycles. The lowest BCUT2D eigenvalue weighted by Gasteiger charge is -2.23. The van der Waals surface area contributed by atoms with Gasteiger partial charge in [-0.25, -0.2) is 13.1 Å². The molecular weight excluding hydrogens is 322 g/mol. The third-order valence-corrected chi connectivity index (χ3v) is 6.17. The Bertz CT molecular complexity index is 1010. The standard InChI is InChI=1S/C18H19N3O2S/c1-21-18-8-4-7-17(16(18)12-19-21)20-24(22,23)15-10-9-13-5-2-3-6-14(13)11-15/h2-3,5-6,9-12,17,20H,4,7-8H2,1H3. The summed E-state index contributed by atoms with van der Waals surface area (Å²) in [5.41, 5.74) is 2.11. The monoisotopic (exact) mass is 341 g/mol. The maximum absolute atomic E-state index is 12.8. The molecule has 0 fully saturated rings. The van der Waals surface area contributed by atoms with Crippen LogP contribution in [-0.2, 0) is 23.5 Å². The van der Waals surface area contributed by atoms with Crippen molar-refractivity contribution in [1.82, 2.24) is 14.5 Å². The summed E-state index contributed by atoms with van der Waals surface area (Å²) in [5, 5.41) is 6.23. The quantitative estimate of drug-likeness (QED) is 0.797. The molecule has 4 rings (SSSR count). The number of fused-ring (bicyclic) bond motifs is 2. The highest BCUT2D eigenvalue weighted by Crippen LogP contribution is 2.31. The van der Waals surface area contributed by atoms with E-state index in [-0.39, 0.29) is 6.04 Å². The second kappa shape index (κ2) is 5.72. The van der Waals surface area contributed by atoms with E-state index in [1.54, 1.807) is 18.3 Å². The van der Waals surface area contributed by atoms with Gasteiger partial charge in [0.05, 0.1) is 17.1 Å². The van der Waals surface area contributed by atoms with E-state index in [4.69, 9.17) is 0 Å². The minimum atomic E-state index is -3.57. The van der Waals surface area contributed by atoms with Crippen LogP contribution in [0.5, 0.6) is 0 Å². The number of aromatic nitrogens is 2. The molecule has 1 N–H and O–H groups in total. The van der Waals surface area contributed by atoms with Gasteiger partial charge in [-0.05, 0) is 42.2 Å². The molecule has 1 unspecified atom stereocenters. The van der Waals surface area contributed by atoms with Gasteiger partial charge in [0.1, 0.15) is 0 Å². The molecule has 5 nitrogen and oxygen atoms in total. The minimum absolute atomic E-state index is 0.209. The Morgan fingerprint density at radius 1 is 1.17 bits per heavy atom.